The van der Waals surface area contributed by atoms with Crippen LogP contribution in [0.1, 0.15) is 212 Å². The lowest BCUT2D eigenvalue weighted by molar-refractivity contribution is -0.275. The van der Waals surface area contributed by atoms with E-state index in [1.54, 1.807) is 131 Å². The van der Waals surface area contributed by atoms with Gasteiger partial charge in [0.15, 0.2) is 17.1 Å². The topological polar surface area (TPSA) is 317 Å². The molecule has 15 atom stereocenters. The van der Waals surface area contributed by atoms with Crippen molar-refractivity contribution in [1.82, 2.24) is 45.0 Å². The Morgan fingerprint density at radius 3 is 1.49 bits per heavy atom. The van der Waals surface area contributed by atoms with Crippen LogP contribution >= 0.6 is 0 Å². The second kappa shape index (κ2) is 42.2. The highest BCUT2D eigenvalue weighted by molar-refractivity contribution is 5.91. The number of benzene rings is 3. The summed E-state index contributed by atoms with van der Waals surface area (Å²) in [5.41, 5.74) is -7.94. The van der Waals surface area contributed by atoms with Gasteiger partial charge in [0.05, 0.1) is 70.9 Å². The zero-order valence-electron chi connectivity index (χ0n) is 80.4. The maximum Gasteiger partial charge on any atom is 0.573 e. The van der Waals surface area contributed by atoms with Crippen LogP contribution in [0.3, 0.4) is 0 Å². The lowest BCUT2D eigenvalue weighted by Gasteiger charge is -2.35. The van der Waals surface area contributed by atoms with Gasteiger partial charge in [-0.2, -0.15) is 26.3 Å². The van der Waals surface area contributed by atoms with Gasteiger partial charge < -0.3 is 67.2 Å². The monoisotopic (exact) mass is 1980 g/mol. The normalized spacial score (nSPS) is 24.2. The molecule has 764 valence electrons. The van der Waals surface area contributed by atoms with Gasteiger partial charge in [-0.15, -0.1) is 46.1 Å². The number of alkyl halides is 15. The minimum Gasteiger partial charge on any atom is -0.471 e. The summed E-state index contributed by atoms with van der Waals surface area (Å²) in [5, 5.41) is 2.99. The van der Waals surface area contributed by atoms with E-state index in [0.717, 1.165) is 73.9 Å². The van der Waals surface area contributed by atoms with Gasteiger partial charge >= 0.3 is 66.7 Å². The smallest absolute Gasteiger partial charge is 0.471 e. The molecule has 3 aromatic heterocycles. The minimum absolute atomic E-state index is 0.0384. The number of likely N-dealkylation sites (tertiary alicyclic amines) is 1. The van der Waals surface area contributed by atoms with Crippen molar-refractivity contribution in [3.8, 4) is 34.9 Å². The summed E-state index contributed by atoms with van der Waals surface area (Å²) in [4.78, 5) is 123. The molecule has 12 rings (SSSR count). The molecule has 6 aromatic rings. The molecule has 2 bridgehead atoms. The molecule has 2 saturated carbocycles. The van der Waals surface area contributed by atoms with Crippen LogP contribution in [0, 0.1) is 52.3 Å². The molecule has 5 fully saturated rings. The molecule has 0 spiro atoms. The zero-order chi connectivity index (χ0) is 104. The Balaban J connectivity index is 0.000000220. The van der Waals surface area contributed by atoms with Crippen molar-refractivity contribution < 1.29 is 152 Å². The second-order valence-electron chi connectivity index (χ2n) is 40.2. The fourth-order valence-electron chi connectivity index (χ4n) is 16.9. The molecule has 139 heavy (non-hydrogen) atoms. The van der Waals surface area contributed by atoms with Gasteiger partial charge in [-0.3, -0.25) is 24.0 Å². The SMILES string of the molecule is C=CC(F)(F)c1nc2ccc(OC(F)(F)F)cc2nc1O[C@H]1CN[C@H](C(=O)OC(C)(C)C)[C@@H]1CC.C=CCC[C@@H]1C[C@H]1OC(=O)C[C@H](C(=O)N1C[C@H](Oc2nc3cc(OC(F)(F)F)ccc3nc2C(F)(F)C=C)[C@@H](CC)[C@H]1C(=O)OC(C)(C)C)C(C)(C)C.CC[C@@H]1[C@@H]2CN(C(=O)[C@H](C(C)(C)C)CC(=O)O[C@@H]3C[C@H]3CC/C=C/C(F)(F)c3nc4ccc(OC(F)(F)F)cc4nc3O2)[C@@H]1C(=O)OC(C)(C)C. The van der Waals surface area contributed by atoms with Crippen LogP contribution in [0.5, 0.6) is 34.9 Å². The van der Waals surface area contributed by atoms with Crippen LogP contribution < -0.4 is 33.7 Å². The Kier molecular flexibility index (Phi) is 33.3. The van der Waals surface area contributed by atoms with Crippen LogP contribution in [0.25, 0.3) is 33.1 Å². The molecule has 42 heteroatoms. The molecule has 4 aliphatic heterocycles. The standard InChI is InChI=1S/C38H48F5N3O7.C36H44F5N3O7.C23H26F5N3O4/c1-10-13-14-21-17-27(21)50-29(47)19-24(35(4,5)6)33(48)46-20-28(23(11-2)30(46)34(49)53-36(7,8)9)51-32-31(37(39,40)12-3)44-25-16-15-22(18-26(25)45-32)52-38(41,42)43;1-8-21-26-18-44(28(21)32(47)51-34(5,6)7)31(46)22(33(2,3)4)17-27(45)48-25-15-19(25)11-9-10-14-35(37,38)29-30(49-26)43-24-16-20(50-36(39,40)41)12-13-23(24)42-29;1-6-13-16(11-29-17(13)20(32)35-21(3,4)5)33-19-18(22(24,25)7-2)30-14-9-8-12(10-15(14)31-19)34-23(26,27)28/h10,12,15-16,18,21,23-24,27-28,30H,1,3,11,13-14,17,19-20H2,2,4-9H3;10,12-14,16,19,21-22,25-26,28H,8-9,11,15,17-18H2,1-7H3;7-10,13,16-17,29H,2,6,11H2,1,3-5H3/b;14-10+;/t21-,23-,24-,27-,28+,30+;19-,21-,22-,25-,26+,28+;13-,16+,17+/m111/s1. The quantitative estimate of drug-likeness (QED) is 0.0255. The number of nitrogens with one attached hydrogen (secondary N) is 1. The molecule has 2 aliphatic carbocycles. The summed E-state index contributed by atoms with van der Waals surface area (Å²) in [6.07, 6.45) is -10.3. The fourth-order valence-corrected chi connectivity index (χ4v) is 16.9. The Morgan fingerprint density at radius 2 is 1.03 bits per heavy atom. The fraction of sp³-hybridized carbons (Fsp3) is 0.598. The number of carbonyl (C=O) groups is 7. The van der Waals surface area contributed by atoms with E-state index in [-0.39, 0.29) is 103 Å². The van der Waals surface area contributed by atoms with E-state index >= 15 is 17.6 Å². The molecular formula is C97H118F15N9O18. The Morgan fingerprint density at radius 1 is 0.554 bits per heavy atom. The Hall–Kier alpha value is -11.4. The number of amides is 2. The molecule has 3 aromatic carbocycles. The van der Waals surface area contributed by atoms with Gasteiger partial charge in [0, 0.05) is 42.5 Å². The molecule has 1 N–H and O–H groups in total. The van der Waals surface area contributed by atoms with Crippen molar-refractivity contribution in [1.29, 1.82) is 0 Å². The molecule has 27 nitrogen and oxygen atoms in total. The highest BCUT2D eigenvalue weighted by Crippen LogP contribution is 2.49. The predicted molar refractivity (Wildman–Crippen MR) is 475 cm³/mol. The minimum atomic E-state index is -5.03. The summed E-state index contributed by atoms with van der Waals surface area (Å²) in [7, 11) is 0. The highest BCUT2D eigenvalue weighted by Gasteiger charge is 2.57. The van der Waals surface area contributed by atoms with Gasteiger partial charge in [-0.25, -0.2) is 39.5 Å². The zero-order valence-corrected chi connectivity index (χ0v) is 80.4. The number of aromatic nitrogens is 6. The molecule has 2 amide bonds. The second-order valence-corrected chi connectivity index (χ2v) is 40.2. The van der Waals surface area contributed by atoms with E-state index in [1.807, 2.05) is 0 Å². The third kappa shape index (κ3) is 29.0. The van der Waals surface area contributed by atoms with Crippen molar-refractivity contribution in [2.24, 2.45) is 52.3 Å². The summed E-state index contributed by atoms with van der Waals surface area (Å²) in [6, 6.07) is 5.48. The van der Waals surface area contributed by atoms with Gasteiger partial charge in [-0.1, -0.05) is 87.6 Å². The van der Waals surface area contributed by atoms with E-state index in [1.165, 1.54) is 15.9 Å². The molecule has 0 unspecified atom stereocenters. The number of hydrogen-bond acceptors (Lipinski definition) is 25. The number of hydrogen-bond donors (Lipinski definition) is 1. The summed E-state index contributed by atoms with van der Waals surface area (Å²) in [6.45, 7) is 40.7. The van der Waals surface area contributed by atoms with Crippen LogP contribution in [0.15, 0.2) is 105 Å². The molecule has 6 aliphatic rings. The number of ether oxygens (including phenoxy) is 11. The van der Waals surface area contributed by atoms with Gasteiger partial charge in [0.2, 0.25) is 29.5 Å². The molecule has 3 saturated heterocycles. The Labute approximate surface area is 794 Å². The number of rotatable bonds is 24. The average Bonchev–Trinajstić information content (AvgIpc) is 1.62. The van der Waals surface area contributed by atoms with E-state index < -0.39 is 230 Å². The third-order valence-electron chi connectivity index (χ3n) is 23.8. The maximum atomic E-state index is 16.0. The van der Waals surface area contributed by atoms with Crippen molar-refractivity contribution in [2.45, 2.75) is 298 Å². The molecule has 7 heterocycles. The molecular weight excluding hydrogens is 1860 g/mol. The van der Waals surface area contributed by atoms with E-state index in [2.05, 4.69) is 69.2 Å². The lowest BCUT2D eigenvalue weighted by atomic mass is 9.77. The third-order valence-corrected chi connectivity index (χ3v) is 23.8. The van der Waals surface area contributed by atoms with E-state index in [9.17, 15) is 81.9 Å². The number of fused-ring (bicyclic) bond motifs is 7. The van der Waals surface area contributed by atoms with Crippen molar-refractivity contribution >= 4 is 74.8 Å². The summed E-state index contributed by atoms with van der Waals surface area (Å²) in [5.74, 6) is -23.2. The van der Waals surface area contributed by atoms with Crippen LogP contribution in [-0.2, 0) is 75.0 Å². The average molecular weight is 1980 g/mol. The number of carbonyl (C=O) groups excluding carboxylic acids is 7. The van der Waals surface area contributed by atoms with Gasteiger partial charge in [0.25, 0.3) is 0 Å². The first-order valence-electron chi connectivity index (χ1n) is 45.5. The van der Waals surface area contributed by atoms with Crippen LogP contribution in [-0.4, -0.2) is 186 Å². The highest BCUT2D eigenvalue weighted by atomic mass is 19.4. The number of nitrogens with zero attached hydrogens (tertiary/aromatic N) is 8. The van der Waals surface area contributed by atoms with Gasteiger partial charge in [0.1, 0.15) is 82.7 Å². The number of esters is 5. The Bertz CT molecular complexity index is 5530. The van der Waals surface area contributed by atoms with E-state index in [4.69, 9.17) is 37.9 Å². The van der Waals surface area contributed by atoms with Crippen molar-refractivity contribution in [3.05, 3.63) is 122 Å². The largest absolute Gasteiger partial charge is 0.573 e. The van der Waals surface area contributed by atoms with Crippen LogP contribution in [0.4, 0.5) is 65.9 Å². The van der Waals surface area contributed by atoms with Crippen molar-refractivity contribution in [3.63, 3.8) is 0 Å². The number of halogens is 15. The molecule has 0 radical (unpaired) electrons. The van der Waals surface area contributed by atoms with Crippen molar-refractivity contribution in [2.75, 3.05) is 19.6 Å². The van der Waals surface area contributed by atoms with Gasteiger partial charge in [-0.05, 0) is 197 Å². The maximum absolute atomic E-state index is 16.0. The number of allylic oxidation sites excluding steroid dienone is 5. The lowest BCUT2D eigenvalue weighted by Crippen LogP contribution is -2.50. The summed E-state index contributed by atoms with van der Waals surface area (Å²) >= 11 is 0. The predicted octanol–water partition coefficient (Wildman–Crippen LogP) is 20.3. The first-order chi connectivity index (χ1) is 64.2. The first-order valence-corrected chi connectivity index (χ1v) is 45.5. The first kappa shape index (κ1) is 110. The summed E-state index contributed by atoms with van der Waals surface area (Å²) < 4.78 is 266. The van der Waals surface area contributed by atoms with E-state index in [0.29, 0.717) is 37.5 Å². The van der Waals surface area contributed by atoms with Crippen LogP contribution in [0.2, 0.25) is 0 Å².